The number of aromatic nitrogens is 1. The Morgan fingerprint density at radius 2 is 1.92 bits per heavy atom. The third-order valence-corrected chi connectivity index (χ3v) is 7.69. The van der Waals surface area contributed by atoms with Gasteiger partial charge in [0.2, 0.25) is 0 Å². The molecule has 0 saturated heterocycles. The number of amides is 1. The summed E-state index contributed by atoms with van der Waals surface area (Å²) in [5.74, 6) is 0.377. The minimum atomic E-state index is -1.53. The number of carboxylic acids is 1. The van der Waals surface area contributed by atoms with E-state index < -0.39 is 17.4 Å². The van der Waals surface area contributed by atoms with Gasteiger partial charge in [-0.15, -0.1) is 0 Å². The topological polar surface area (TPSA) is 99.0 Å². The van der Waals surface area contributed by atoms with Crippen molar-refractivity contribution < 1.29 is 28.9 Å². The number of nitrogens with one attached hydrogen (secondary N) is 1. The number of nitrogens with zero attached hydrogens (tertiary/aromatic N) is 1. The largest absolute Gasteiger partial charge is 0.497 e. The zero-order valence-corrected chi connectivity index (χ0v) is 21.6. The zero-order valence-electron chi connectivity index (χ0n) is 21.6. The van der Waals surface area contributed by atoms with Crippen molar-refractivity contribution in [2.75, 3.05) is 27.4 Å². The standard InChI is InChI=1S/C29H34N2O6/c1-29(17-35-2,28(33)34)30-27(32)19-9-11-21-23(15-19)31-13-14-37-24-16-20(36-3)10-12-22(24)26(31)25(21)18-7-5-4-6-8-18/h9-12,15-16,18H,4-8,13-14,17H2,1-3H3,(H,30,32)(H,33,34)/t29-/m0/s1. The number of carbonyl (C=O) groups excluding carboxylic acids is 1. The molecule has 0 spiro atoms. The summed E-state index contributed by atoms with van der Waals surface area (Å²) in [6, 6.07) is 11.7. The van der Waals surface area contributed by atoms with Crippen LogP contribution in [0.2, 0.25) is 0 Å². The number of carboxylic acid groups (broad SMARTS) is 1. The van der Waals surface area contributed by atoms with Crippen molar-refractivity contribution in [3.05, 3.63) is 47.5 Å². The molecule has 2 aromatic carbocycles. The SMILES string of the molecule is COC[C@](C)(NC(=O)c1ccc2c(C3CCCCC3)c3n(c2c1)CCOc1cc(OC)ccc1-3)C(=O)O. The maximum absolute atomic E-state index is 13.2. The van der Waals surface area contributed by atoms with E-state index >= 15 is 0 Å². The summed E-state index contributed by atoms with van der Waals surface area (Å²) in [5.41, 5.74) is 3.32. The number of fused-ring (bicyclic) bond motifs is 5. The van der Waals surface area contributed by atoms with Crippen molar-refractivity contribution in [1.29, 1.82) is 0 Å². The summed E-state index contributed by atoms with van der Waals surface area (Å²) in [4.78, 5) is 25.1. The molecule has 1 aromatic heterocycles. The molecule has 8 heteroatoms. The van der Waals surface area contributed by atoms with Crippen molar-refractivity contribution in [2.24, 2.45) is 0 Å². The molecule has 2 heterocycles. The van der Waals surface area contributed by atoms with Gasteiger partial charge in [-0.05, 0) is 55.5 Å². The van der Waals surface area contributed by atoms with Gasteiger partial charge in [-0.25, -0.2) is 4.79 Å². The molecule has 3 aromatic rings. The minimum Gasteiger partial charge on any atom is -0.497 e. The van der Waals surface area contributed by atoms with Gasteiger partial charge in [-0.3, -0.25) is 4.79 Å². The van der Waals surface area contributed by atoms with Gasteiger partial charge in [0.05, 0.1) is 26.0 Å². The molecule has 2 aliphatic rings. The Kier molecular flexibility index (Phi) is 6.86. The van der Waals surface area contributed by atoms with Crippen LogP contribution in [0.1, 0.15) is 60.9 Å². The van der Waals surface area contributed by atoms with Crippen LogP contribution in [0.5, 0.6) is 11.5 Å². The van der Waals surface area contributed by atoms with E-state index in [0.29, 0.717) is 24.6 Å². The molecule has 1 aliphatic heterocycles. The Balaban J connectivity index is 1.66. The zero-order chi connectivity index (χ0) is 26.2. The van der Waals surface area contributed by atoms with Gasteiger partial charge >= 0.3 is 5.97 Å². The molecule has 0 radical (unpaired) electrons. The molecule has 1 saturated carbocycles. The van der Waals surface area contributed by atoms with Crippen LogP contribution >= 0.6 is 0 Å². The first kappa shape index (κ1) is 25.1. The van der Waals surface area contributed by atoms with E-state index in [2.05, 4.69) is 16.0 Å². The molecule has 0 unspecified atom stereocenters. The van der Waals surface area contributed by atoms with Crippen LogP contribution in [0.15, 0.2) is 36.4 Å². The number of hydrogen-bond donors (Lipinski definition) is 2. The normalized spacial score (nSPS) is 17.2. The fraction of sp³-hybridized carbons (Fsp3) is 0.448. The smallest absolute Gasteiger partial charge is 0.331 e. The number of hydrogen-bond acceptors (Lipinski definition) is 5. The molecule has 1 amide bonds. The Hall–Kier alpha value is -3.52. The van der Waals surface area contributed by atoms with Gasteiger partial charge in [-0.1, -0.05) is 25.3 Å². The Morgan fingerprint density at radius 1 is 1.14 bits per heavy atom. The highest BCUT2D eigenvalue weighted by Gasteiger charge is 2.36. The van der Waals surface area contributed by atoms with E-state index in [-0.39, 0.29) is 6.61 Å². The van der Waals surface area contributed by atoms with Crippen LogP contribution < -0.4 is 14.8 Å². The Bertz CT molecular complexity index is 1340. The van der Waals surface area contributed by atoms with E-state index in [9.17, 15) is 14.7 Å². The number of carbonyl (C=O) groups is 2. The Morgan fingerprint density at radius 3 is 2.62 bits per heavy atom. The molecule has 1 atom stereocenters. The second-order valence-electron chi connectivity index (χ2n) is 10.2. The summed E-state index contributed by atoms with van der Waals surface area (Å²) in [6.07, 6.45) is 5.94. The first-order chi connectivity index (χ1) is 17.9. The highest BCUT2D eigenvalue weighted by atomic mass is 16.5. The van der Waals surface area contributed by atoms with Gasteiger partial charge in [0, 0.05) is 35.2 Å². The van der Waals surface area contributed by atoms with Gasteiger partial charge in [-0.2, -0.15) is 0 Å². The lowest BCUT2D eigenvalue weighted by Gasteiger charge is -2.25. The third-order valence-electron chi connectivity index (χ3n) is 7.69. The van der Waals surface area contributed by atoms with Crippen LogP contribution in [-0.4, -0.2) is 54.5 Å². The fourth-order valence-corrected chi connectivity index (χ4v) is 5.80. The summed E-state index contributed by atoms with van der Waals surface area (Å²) in [5, 5.41) is 13.5. The van der Waals surface area contributed by atoms with Crippen LogP contribution in [-0.2, 0) is 16.1 Å². The summed E-state index contributed by atoms with van der Waals surface area (Å²) >= 11 is 0. The van der Waals surface area contributed by atoms with Crippen molar-refractivity contribution in [2.45, 2.75) is 57.0 Å². The predicted octanol–water partition coefficient (Wildman–Crippen LogP) is 4.98. The summed E-state index contributed by atoms with van der Waals surface area (Å²) < 4.78 is 18.9. The fourth-order valence-electron chi connectivity index (χ4n) is 5.80. The molecule has 1 aliphatic carbocycles. The monoisotopic (exact) mass is 506 g/mol. The average molecular weight is 507 g/mol. The summed E-state index contributed by atoms with van der Waals surface area (Å²) in [6.45, 7) is 2.43. The molecule has 5 rings (SSSR count). The number of benzene rings is 2. The maximum Gasteiger partial charge on any atom is 0.331 e. The average Bonchev–Trinajstić information content (AvgIpc) is 3.10. The van der Waals surface area contributed by atoms with E-state index in [0.717, 1.165) is 46.5 Å². The highest BCUT2D eigenvalue weighted by Crippen LogP contribution is 2.47. The lowest BCUT2D eigenvalue weighted by Crippen LogP contribution is -2.55. The van der Waals surface area contributed by atoms with Crippen molar-refractivity contribution >= 4 is 22.8 Å². The van der Waals surface area contributed by atoms with E-state index in [1.807, 2.05) is 24.3 Å². The van der Waals surface area contributed by atoms with Gasteiger partial charge < -0.3 is 29.2 Å². The van der Waals surface area contributed by atoms with E-state index in [1.165, 1.54) is 38.9 Å². The minimum absolute atomic E-state index is 0.139. The van der Waals surface area contributed by atoms with Crippen molar-refractivity contribution in [3.8, 4) is 22.8 Å². The van der Waals surface area contributed by atoms with Gasteiger partial charge in [0.25, 0.3) is 5.91 Å². The molecule has 8 nitrogen and oxygen atoms in total. The molecular weight excluding hydrogens is 472 g/mol. The molecule has 37 heavy (non-hydrogen) atoms. The van der Waals surface area contributed by atoms with Crippen LogP contribution in [0.4, 0.5) is 0 Å². The molecule has 196 valence electrons. The van der Waals surface area contributed by atoms with Crippen molar-refractivity contribution in [3.63, 3.8) is 0 Å². The lowest BCUT2D eigenvalue weighted by atomic mass is 9.81. The van der Waals surface area contributed by atoms with Gasteiger partial charge in [0.15, 0.2) is 5.54 Å². The van der Waals surface area contributed by atoms with Crippen LogP contribution in [0.3, 0.4) is 0 Å². The molecule has 1 fully saturated rings. The number of ether oxygens (including phenoxy) is 3. The summed E-state index contributed by atoms with van der Waals surface area (Å²) in [7, 11) is 3.06. The number of methoxy groups -OCH3 is 2. The predicted molar refractivity (Wildman–Crippen MR) is 141 cm³/mol. The third kappa shape index (κ3) is 4.55. The van der Waals surface area contributed by atoms with Crippen LogP contribution in [0.25, 0.3) is 22.2 Å². The molecule has 0 bridgehead atoms. The second-order valence-corrected chi connectivity index (χ2v) is 10.2. The molecular formula is C29H34N2O6. The highest BCUT2D eigenvalue weighted by molar-refractivity contribution is 6.02. The first-order valence-electron chi connectivity index (χ1n) is 12.9. The maximum atomic E-state index is 13.2. The van der Waals surface area contributed by atoms with Gasteiger partial charge in [0.1, 0.15) is 18.1 Å². The number of aliphatic carboxylic acids is 1. The lowest BCUT2D eigenvalue weighted by molar-refractivity contribution is -0.145. The number of rotatable bonds is 7. The quantitative estimate of drug-likeness (QED) is 0.469. The van der Waals surface area contributed by atoms with E-state index in [4.69, 9.17) is 14.2 Å². The van der Waals surface area contributed by atoms with Crippen molar-refractivity contribution in [1.82, 2.24) is 9.88 Å². The first-order valence-corrected chi connectivity index (χ1v) is 12.9. The molecule has 2 N–H and O–H groups in total. The van der Waals surface area contributed by atoms with E-state index in [1.54, 1.807) is 13.2 Å². The van der Waals surface area contributed by atoms with Crippen LogP contribution in [0, 0.1) is 0 Å². The Labute approximate surface area is 216 Å². The second kappa shape index (κ2) is 10.1.